The second-order valence-corrected chi connectivity index (χ2v) is 10.8. The maximum absolute atomic E-state index is 12.9. The summed E-state index contributed by atoms with van der Waals surface area (Å²) in [5.41, 5.74) is 2.25. The number of halogens is 3. The minimum absolute atomic E-state index is 0.0180. The number of aromatic nitrogens is 2. The van der Waals surface area contributed by atoms with Crippen LogP contribution in [0.3, 0.4) is 0 Å². The fourth-order valence-electron chi connectivity index (χ4n) is 4.49. The summed E-state index contributed by atoms with van der Waals surface area (Å²) >= 11 is 0. The van der Waals surface area contributed by atoms with E-state index in [0.717, 1.165) is 17.6 Å². The van der Waals surface area contributed by atoms with Gasteiger partial charge in [-0.1, -0.05) is 0 Å². The molecule has 0 unspecified atom stereocenters. The van der Waals surface area contributed by atoms with Crippen LogP contribution in [0.25, 0.3) is 11.0 Å². The number of rotatable bonds is 18. The Morgan fingerprint density at radius 2 is 1.33 bits per heavy atom. The quantitative estimate of drug-likeness (QED) is 0.0646. The third-order valence-corrected chi connectivity index (χ3v) is 7.30. The van der Waals surface area contributed by atoms with Gasteiger partial charge in [-0.05, 0) is 26.0 Å². The Bertz CT molecular complexity index is 1260. The van der Waals surface area contributed by atoms with E-state index >= 15 is 0 Å². The van der Waals surface area contributed by atoms with Crippen molar-refractivity contribution in [2.75, 3.05) is 39.4 Å². The Balaban J connectivity index is 0.00000148. The van der Waals surface area contributed by atoms with Gasteiger partial charge in [-0.15, -0.1) is 0 Å². The van der Waals surface area contributed by atoms with Gasteiger partial charge in [0.15, 0.2) is 11.0 Å². The van der Waals surface area contributed by atoms with Crippen molar-refractivity contribution in [3.8, 4) is 0 Å². The fourth-order valence-corrected chi connectivity index (χ4v) is 4.49. The first-order valence-corrected chi connectivity index (χ1v) is 14.8. The van der Waals surface area contributed by atoms with Crippen molar-refractivity contribution in [2.24, 2.45) is 0 Å². The topological polar surface area (TPSA) is 284 Å². The third-order valence-electron chi connectivity index (χ3n) is 7.30. The molecule has 276 valence electrons. The van der Waals surface area contributed by atoms with Crippen molar-refractivity contribution in [1.29, 1.82) is 0 Å². The van der Waals surface area contributed by atoms with E-state index in [1.165, 1.54) is 4.90 Å². The molecule has 0 fully saturated rings. The standard InChI is InChI=1S/C26H44N4O11.C2HF3O2/c1-3-29-14-30(4-2)17-9-15(5-6-16(17)29)26(41)27-7-8-28(10-18(33)22(37)24(39)20(35)12-31)11-19(34)23(38)25(40)21(36)13-32;3-2(4,5)1(6)7/h5-6,9,14,18-25,31-40H,3-4,7-8,10-13H2,1-2H3;(H,6,7)/t18-,19-,20+,21+,22+,23+,24+,25+;/m0./s1. The zero-order chi connectivity index (χ0) is 36.9. The van der Waals surface area contributed by atoms with E-state index in [-0.39, 0.29) is 13.1 Å². The number of nitrogens with zero attached hydrogens (tertiary/aromatic N) is 3. The summed E-state index contributed by atoms with van der Waals surface area (Å²) in [6, 6.07) is 5.30. The van der Waals surface area contributed by atoms with E-state index < -0.39 is 93.2 Å². The molecule has 0 aliphatic rings. The van der Waals surface area contributed by atoms with Crippen LogP contribution in [-0.4, -0.2) is 167 Å². The summed E-state index contributed by atoms with van der Waals surface area (Å²) < 4.78 is 35.6. The maximum atomic E-state index is 12.9. The highest BCUT2D eigenvalue weighted by atomic mass is 19.4. The number of fused-ring (bicyclic) bond motifs is 1. The van der Waals surface area contributed by atoms with Crippen LogP contribution in [0.5, 0.6) is 0 Å². The van der Waals surface area contributed by atoms with E-state index in [2.05, 4.69) is 9.88 Å². The van der Waals surface area contributed by atoms with E-state index in [0.29, 0.717) is 12.1 Å². The molecular weight excluding hydrogens is 657 g/mol. The van der Waals surface area contributed by atoms with E-state index in [9.17, 15) is 58.8 Å². The minimum Gasteiger partial charge on any atom is -0.542 e. The number of hydrogen-bond acceptors (Lipinski definition) is 14. The van der Waals surface area contributed by atoms with Gasteiger partial charge in [0.2, 0.25) is 6.33 Å². The largest absolute Gasteiger partial charge is 0.542 e. The number of carboxylic acids is 1. The predicted octanol–water partition coefficient (Wildman–Crippen LogP) is -5.83. The van der Waals surface area contributed by atoms with Crippen LogP contribution < -0.4 is 15.0 Å². The van der Waals surface area contributed by atoms with Crippen LogP contribution in [0.2, 0.25) is 0 Å². The molecule has 1 amide bonds. The summed E-state index contributed by atoms with van der Waals surface area (Å²) in [5, 5.41) is 110. The Morgan fingerprint density at radius 1 is 0.875 bits per heavy atom. The van der Waals surface area contributed by atoms with Crippen molar-refractivity contribution in [1.82, 2.24) is 14.8 Å². The van der Waals surface area contributed by atoms with E-state index in [4.69, 9.17) is 20.1 Å². The SMILES string of the molecule is CCn1c[n+](CC)c2ccc(C(=O)NCCN(C[C@H](O)[C@@H](O)[C@H](O)[C@H](O)CO)C[C@H](O)[C@@H](O)[C@H](O)[C@H](O)CO)cc21.O=C([O-])C(F)(F)F. The number of amides is 1. The number of carbonyl (C=O) groups excluding carboxylic acids is 2. The van der Waals surface area contributed by atoms with Crippen LogP contribution in [0.4, 0.5) is 13.2 Å². The lowest BCUT2D eigenvalue weighted by atomic mass is 10.0. The van der Waals surface area contributed by atoms with Gasteiger partial charge in [0.25, 0.3) is 5.91 Å². The number of aliphatic carboxylic acids is 1. The number of nitrogens with one attached hydrogen (secondary N) is 1. The number of benzene rings is 1. The number of aryl methyl sites for hydroxylation is 2. The highest BCUT2D eigenvalue weighted by Gasteiger charge is 2.34. The highest BCUT2D eigenvalue weighted by molar-refractivity contribution is 5.97. The lowest BCUT2D eigenvalue weighted by Crippen LogP contribution is -2.54. The summed E-state index contributed by atoms with van der Waals surface area (Å²) in [5.74, 6) is -3.41. The average molecular weight is 703 g/mol. The summed E-state index contributed by atoms with van der Waals surface area (Å²) in [6.45, 7) is 2.82. The van der Waals surface area contributed by atoms with Crippen LogP contribution in [-0.2, 0) is 17.9 Å². The van der Waals surface area contributed by atoms with Gasteiger partial charge in [-0.3, -0.25) is 9.69 Å². The molecule has 0 saturated heterocycles. The molecule has 17 nitrogen and oxygen atoms in total. The highest BCUT2D eigenvalue weighted by Crippen LogP contribution is 2.15. The molecule has 20 heteroatoms. The zero-order valence-electron chi connectivity index (χ0n) is 26.3. The number of hydrogen-bond donors (Lipinski definition) is 11. The summed E-state index contributed by atoms with van der Waals surface area (Å²) in [6.07, 6.45) is -17.7. The first kappa shape index (κ1) is 43.0. The van der Waals surface area contributed by atoms with Crippen LogP contribution >= 0.6 is 0 Å². The molecule has 0 aliphatic carbocycles. The molecule has 2 rings (SSSR count). The van der Waals surface area contributed by atoms with Gasteiger partial charge in [0.05, 0.1) is 38.5 Å². The van der Waals surface area contributed by atoms with Gasteiger partial charge < -0.3 is 66.3 Å². The Hall–Kier alpha value is -3.02. The van der Waals surface area contributed by atoms with Gasteiger partial charge >= 0.3 is 6.18 Å². The number of imidazole rings is 1. The van der Waals surface area contributed by atoms with Crippen molar-refractivity contribution in [3.05, 3.63) is 30.1 Å². The predicted molar refractivity (Wildman–Crippen MR) is 156 cm³/mol. The Morgan fingerprint density at radius 3 is 1.73 bits per heavy atom. The number of aliphatic hydroxyl groups is 10. The molecule has 1 heterocycles. The van der Waals surface area contributed by atoms with Gasteiger partial charge in [-0.2, -0.15) is 13.2 Å². The third kappa shape index (κ3) is 12.5. The second kappa shape index (κ2) is 19.8. The Kier molecular flexibility index (Phi) is 17.8. The number of carboxylic acid groups (broad SMARTS) is 1. The molecule has 0 aliphatic heterocycles. The monoisotopic (exact) mass is 702 g/mol. The van der Waals surface area contributed by atoms with Crippen molar-refractivity contribution < 1.29 is 83.5 Å². The lowest BCUT2D eigenvalue weighted by Gasteiger charge is -2.33. The first-order chi connectivity index (χ1) is 22.3. The molecule has 8 atom stereocenters. The number of aliphatic hydroxyl groups excluding tert-OH is 10. The van der Waals surface area contributed by atoms with Crippen molar-refractivity contribution in [2.45, 2.75) is 81.9 Å². The zero-order valence-corrected chi connectivity index (χ0v) is 26.3. The smallest absolute Gasteiger partial charge is 0.430 e. The van der Waals surface area contributed by atoms with Crippen LogP contribution in [0.15, 0.2) is 24.5 Å². The molecule has 0 spiro atoms. The molecule has 0 saturated carbocycles. The molecule has 2 aromatic rings. The van der Waals surface area contributed by atoms with Crippen LogP contribution in [0, 0.1) is 0 Å². The van der Waals surface area contributed by atoms with Gasteiger partial charge in [0, 0.05) is 37.8 Å². The number of alkyl halides is 3. The Labute approximate surface area is 272 Å². The molecule has 11 N–H and O–H groups in total. The van der Waals surface area contributed by atoms with Crippen molar-refractivity contribution in [3.63, 3.8) is 0 Å². The molecule has 0 bridgehead atoms. The molecular formula is C28H45F3N4O13. The molecule has 48 heavy (non-hydrogen) atoms. The van der Waals surface area contributed by atoms with E-state index in [1.54, 1.807) is 12.1 Å². The molecule has 0 radical (unpaired) electrons. The van der Waals surface area contributed by atoms with Crippen LogP contribution in [0.1, 0.15) is 24.2 Å². The van der Waals surface area contributed by atoms with Crippen molar-refractivity contribution >= 4 is 22.9 Å². The number of carbonyl (C=O) groups is 2. The normalized spacial score (nSPS) is 17.1. The molecule has 1 aromatic carbocycles. The summed E-state index contributed by atoms with van der Waals surface area (Å²) in [4.78, 5) is 23.0. The first-order valence-electron chi connectivity index (χ1n) is 14.8. The molecule has 1 aromatic heterocycles. The second-order valence-electron chi connectivity index (χ2n) is 10.8. The summed E-state index contributed by atoms with van der Waals surface area (Å²) in [7, 11) is 0. The van der Waals surface area contributed by atoms with E-state index in [1.807, 2.05) is 30.8 Å². The fraction of sp³-hybridized carbons (Fsp3) is 0.679. The maximum Gasteiger partial charge on any atom is 0.430 e. The minimum atomic E-state index is -5.19. The average Bonchev–Trinajstić information content (AvgIpc) is 3.42. The lowest BCUT2D eigenvalue weighted by molar-refractivity contribution is -0.668. The van der Waals surface area contributed by atoms with Gasteiger partial charge in [0.1, 0.15) is 42.6 Å². The van der Waals surface area contributed by atoms with Gasteiger partial charge in [-0.25, -0.2) is 9.13 Å².